The summed E-state index contributed by atoms with van der Waals surface area (Å²) in [7, 11) is -3.77. The molecule has 7 heteroatoms. The SMILES string of the molecule is CCNS(=O)(=O)c1cccc(OCF)c1C#N. The molecule has 0 radical (unpaired) electrons. The molecule has 5 nitrogen and oxygen atoms in total. The van der Waals surface area contributed by atoms with Gasteiger partial charge in [-0.15, -0.1) is 0 Å². The maximum absolute atomic E-state index is 12.1. The van der Waals surface area contributed by atoms with E-state index < -0.39 is 16.9 Å². The minimum absolute atomic E-state index is 0.0889. The minimum Gasteiger partial charge on any atom is -0.461 e. The number of nitriles is 1. The first-order chi connectivity index (χ1) is 8.06. The number of hydrogen-bond donors (Lipinski definition) is 1. The number of nitrogens with zero attached hydrogens (tertiary/aromatic N) is 1. The fourth-order valence-electron chi connectivity index (χ4n) is 1.29. The third-order valence-electron chi connectivity index (χ3n) is 1.93. The van der Waals surface area contributed by atoms with Gasteiger partial charge in [0.1, 0.15) is 22.3 Å². The van der Waals surface area contributed by atoms with Crippen LogP contribution in [0, 0.1) is 11.3 Å². The van der Waals surface area contributed by atoms with E-state index >= 15 is 0 Å². The zero-order valence-electron chi connectivity index (χ0n) is 9.10. The van der Waals surface area contributed by atoms with Gasteiger partial charge in [0.2, 0.25) is 16.9 Å². The fourth-order valence-corrected chi connectivity index (χ4v) is 2.50. The first kappa shape index (κ1) is 13.4. The van der Waals surface area contributed by atoms with E-state index in [2.05, 4.69) is 9.46 Å². The average Bonchev–Trinajstić information content (AvgIpc) is 2.29. The monoisotopic (exact) mass is 258 g/mol. The van der Waals surface area contributed by atoms with Crippen molar-refractivity contribution in [2.75, 3.05) is 13.4 Å². The molecule has 0 aromatic heterocycles. The van der Waals surface area contributed by atoms with E-state index in [0.29, 0.717) is 0 Å². The first-order valence-corrected chi connectivity index (χ1v) is 6.26. The smallest absolute Gasteiger partial charge is 0.242 e. The Morgan fingerprint density at radius 2 is 2.24 bits per heavy atom. The molecule has 0 spiro atoms. The van der Waals surface area contributed by atoms with Gasteiger partial charge < -0.3 is 4.74 Å². The van der Waals surface area contributed by atoms with Crippen LogP contribution in [0.2, 0.25) is 0 Å². The van der Waals surface area contributed by atoms with Gasteiger partial charge in [-0.2, -0.15) is 5.26 Å². The minimum atomic E-state index is -3.77. The van der Waals surface area contributed by atoms with E-state index in [1.54, 1.807) is 13.0 Å². The van der Waals surface area contributed by atoms with Crippen molar-refractivity contribution in [2.45, 2.75) is 11.8 Å². The van der Waals surface area contributed by atoms with Crippen LogP contribution in [0.4, 0.5) is 4.39 Å². The summed E-state index contributed by atoms with van der Waals surface area (Å²) in [5.41, 5.74) is -0.203. The summed E-state index contributed by atoms with van der Waals surface area (Å²) in [6.07, 6.45) is 0. The van der Waals surface area contributed by atoms with Gasteiger partial charge in [-0.3, -0.25) is 0 Å². The standard InChI is InChI=1S/C10H11FN2O3S/c1-2-13-17(14,15)10-5-3-4-9(16-7-11)8(10)6-12/h3-5,13H,2,7H2,1H3. The Labute approximate surface area is 98.9 Å². The Bertz CT molecular complexity index is 537. The lowest BCUT2D eigenvalue weighted by molar-refractivity contribution is 0.191. The van der Waals surface area contributed by atoms with Crippen molar-refractivity contribution in [1.82, 2.24) is 4.72 Å². The molecule has 0 unspecified atom stereocenters. The Kier molecular flexibility index (Phi) is 4.43. The van der Waals surface area contributed by atoms with E-state index in [4.69, 9.17) is 5.26 Å². The number of alkyl halides is 1. The van der Waals surface area contributed by atoms with Gasteiger partial charge in [0, 0.05) is 6.54 Å². The van der Waals surface area contributed by atoms with Crippen LogP contribution in [0.3, 0.4) is 0 Å². The lowest BCUT2D eigenvalue weighted by atomic mass is 10.2. The molecular formula is C10H11FN2O3S. The zero-order valence-corrected chi connectivity index (χ0v) is 9.92. The predicted molar refractivity (Wildman–Crippen MR) is 58.6 cm³/mol. The molecule has 1 N–H and O–H groups in total. The Balaban J connectivity index is 3.36. The van der Waals surface area contributed by atoms with Gasteiger partial charge in [-0.05, 0) is 12.1 Å². The zero-order chi connectivity index (χ0) is 12.9. The van der Waals surface area contributed by atoms with Crippen molar-refractivity contribution in [3.05, 3.63) is 23.8 Å². The molecule has 0 heterocycles. The number of halogens is 1. The normalized spacial score (nSPS) is 10.9. The molecular weight excluding hydrogens is 247 g/mol. The second kappa shape index (κ2) is 5.61. The van der Waals surface area contributed by atoms with E-state index in [1.807, 2.05) is 0 Å². The predicted octanol–water partition coefficient (Wildman–Crippen LogP) is 1.16. The summed E-state index contributed by atoms with van der Waals surface area (Å²) in [5, 5.41) is 8.91. The van der Waals surface area contributed by atoms with E-state index in [1.165, 1.54) is 18.2 Å². The maximum Gasteiger partial charge on any atom is 0.242 e. The number of ether oxygens (including phenoxy) is 1. The Morgan fingerprint density at radius 1 is 1.53 bits per heavy atom. The van der Waals surface area contributed by atoms with E-state index in [0.717, 1.165) is 0 Å². The van der Waals surface area contributed by atoms with Gasteiger partial charge in [-0.25, -0.2) is 17.5 Å². The quantitative estimate of drug-likeness (QED) is 0.859. The van der Waals surface area contributed by atoms with Crippen molar-refractivity contribution in [3.8, 4) is 11.8 Å². The molecule has 1 rings (SSSR count). The largest absolute Gasteiger partial charge is 0.461 e. The molecule has 0 amide bonds. The summed E-state index contributed by atoms with van der Waals surface area (Å²) in [5.74, 6) is -0.0889. The first-order valence-electron chi connectivity index (χ1n) is 4.78. The number of benzene rings is 1. The summed E-state index contributed by atoms with van der Waals surface area (Å²) < 4.78 is 42.4. The van der Waals surface area contributed by atoms with Crippen LogP contribution < -0.4 is 9.46 Å². The van der Waals surface area contributed by atoms with E-state index in [9.17, 15) is 12.8 Å². The number of hydrogen-bond acceptors (Lipinski definition) is 4. The van der Waals surface area contributed by atoms with Crippen molar-refractivity contribution < 1.29 is 17.5 Å². The summed E-state index contributed by atoms with van der Waals surface area (Å²) in [6.45, 7) is 0.687. The van der Waals surface area contributed by atoms with Crippen molar-refractivity contribution >= 4 is 10.0 Å². The highest BCUT2D eigenvalue weighted by atomic mass is 32.2. The lowest BCUT2D eigenvalue weighted by Gasteiger charge is -2.09. The Morgan fingerprint density at radius 3 is 2.76 bits per heavy atom. The lowest BCUT2D eigenvalue weighted by Crippen LogP contribution is -2.24. The molecule has 0 saturated heterocycles. The summed E-state index contributed by atoms with van der Waals surface area (Å²) in [6, 6.07) is 5.69. The maximum atomic E-state index is 12.1. The van der Waals surface area contributed by atoms with Gasteiger partial charge in [0.05, 0.1) is 0 Å². The molecule has 92 valence electrons. The second-order valence-corrected chi connectivity index (χ2v) is 4.73. The van der Waals surface area contributed by atoms with Crippen LogP contribution in [0.1, 0.15) is 12.5 Å². The summed E-state index contributed by atoms with van der Waals surface area (Å²) >= 11 is 0. The molecule has 0 aliphatic heterocycles. The highest BCUT2D eigenvalue weighted by molar-refractivity contribution is 7.89. The van der Waals surface area contributed by atoms with Crippen molar-refractivity contribution in [2.24, 2.45) is 0 Å². The highest BCUT2D eigenvalue weighted by Gasteiger charge is 2.20. The third-order valence-corrected chi connectivity index (χ3v) is 3.52. The molecule has 0 bridgehead atoms. The van der Waals surface area contributed by atoms with Crippen LogP contribution >= 0.6 is 0 Å². The van der Waals surface area contributed by atoms with Gasteiger partial charge in [-0.1, -0.05) is 13.0 Å². The van der Waals surface area contributed by atoms with Gasteiger partial charge in [0.25, 0.3) is 0 Å². The van der Waals surface area contributed by atoms with Gasteiger partial charge >= 0.3 is 0 Å². The number of sulfonamides is 1. The third kappa shape index (κ3) is 2.93. The molecule has 1 aromatic carbocycles. The topological polar surface area (TPSA) is 79.2 Å². The van der Waals surface area contributed by atoms with Crippen molar-refractivity contribution in [1.29, 1.82) is 5.26 Å². The van der Waals surface area contributed by atoms with Gasteiger partial charge in [0.15, 0.2) is 0 Å². The molecule has 0 aliphatic rings. The molecule has 0 aliphatic carbocycles. The molecule has 0 fully saturated rings. The number of nitrogens with one attached hydrogen (secondary N) is 1. The average molecular weight is 258 g/mol. The molecule has 0 saturated carbocycles. The Hall–Kier alpha value is -1.65. The van der Waals surface area contributed by atoms with Crippen molar-refractivity contribution in [3.63, 3.8) is 0 Å². The van der Waals surface area contributed by atoms with Crippen LogP contribution in [0.25, 0.3) is 0 Å². The molecule has 17 heavy (non-hydrogen) atoms. The fraction of sp³-hybridized carbons (Fsp3) is 0.300. The van der Waals surface area contributed by atoms with Crippen LogP contribution in [-0.4, -0.2) is 21.8 Å². The summed E-state index contributed by atoms with van der Waals surface area (Å²) in [4.78, 5) is -0.215. The number of rotatable bonds is 5. The van der Waals surface area contributed by atoms with Crippen LogP contribution in [0.5, 0.6) is 5.75 Å². The van der Waals surface area contributed by atoms with Crippen LogP contribution in [0.15, 0.2) is 23.1 Å². The molecule has 1 aromatic rings. The highest BCUT2D eigenvalue weighted by Crippen LogP contribution is 2.25. The second-order valence-electron chi connectivity index (χ2n) is 3.00. The van der Waals surface area contributed by atoms with Crippen LogP contribution in [-0.2, 0) is 10.0 Å². The molecule has 0 atom stereocenters. The van der Waals surface area contributed by atoms with E-state index in [-0.39, 0.29) is 22.8 Å².